The number of para-hydroxylation sites is 2. The van der Waals surface area contributed by atoms with Gasteiger partial charge in [0.25, 0.3) is 0 Å². The first-order valence-electron chi connectivity index (χ1n) is 18.4. The Balaban J connectivity index is 1.14. The normalized spacial score (nSPS) is 11.3. The van der Waals surface area contributed by atoms with Gasteiger partial charge in [0.15, 0.2) is 0 Å². The Morgan fingerprint density at radius 2 is 0.889 bits per heavy atom. The van der Waals surface area contributed by atoms with E-state index >= 15 is 0 Å². The maximum Gasteiger partial charge on any atom is 0.136 e. The van der Waals surface area contributed by atoms with Gasteiger partial charge in [-0.25, -0.2) is 0 Å². The number of fused-ring (bicyclic) bond motifs is 4. The van der Waals surface area contributed by atoms with E-state index in [0.717, 1.165) is 55.7 Å². The van der Waals surface area contributed by atoms with Crippen molar-refractivity contribution in [1.82, 2.24) is 0 Å². The van der Waals surface area contributed by atoms with Crippen LogP contribution in [0.1, 0.15) is 0 Å². The Morgan fingerprint density at radius 1 is 0.315 bits per heavy atom. The second-order valence-electron chi connectivity index (χ2n) is 13.7. The van der Waals surface area contributed by atoms with E-state index in [1.54, 1.807) is 0 Å². The number of anilines is 3. The molecule has 0 atom stereocenters. The Kier molecular flexibility index (Phi) is 7.85. The lowest BCUT2D eigenvalue weighted by atomic mass is 9.94. The van der Waals surface area contributed by atoms with Gasteiger partial charge in [-0.1, -0.05) is 164 Å². The molecule has 0 saturated carbocycles. The van der Waals surface area contributed by atoms with Gasteiger partial charge in [0.1, 0.15) is 11.2 Å². The van der Waals surface area contributed by atoms with Crippen LogP contribution in [0.25, 0.3) is 77.2 Å². The van der Waals surface area contributed by atoms with Crippen LogP contribution in [-0.2, 0) is 0 Å². The van der Waals surface area contributed by atoms with Crippen molar-refractivity contribution in [2.45, 2.75) is 0 Å². The summed E-state index contributed by atoms with van der Waals surface area (Å²) in [6.45, 7) is 0. The zero-order valence-electron chi connectivity index (χ0n) is 29.6. The van der Waals surface area contributed by atoms with Crippen LogP contribution in [0.5, 0.6) is 0 Å². The van der Waals surface area contributed by atoms with Gasteiger partial charge in [0.05, 0.1) is 5.69 Å². The molecule has 10 aromatic rings. The number of rotatable bonds is 7. The number of benzene rings is 9. The summed E-state index contributed by atoms with van der Waals surface area (Å²) >= 11 is 0. The van der Waals surface area contributed by atoms with Crippen LogP contribution >= 0.6 is 0 Å². The van der Waals surface area contributed by atoms with Crippen LogP contribution in [-0.4, -0.2) is 0 Å². The van der Waals surface area contributed by atoms with Crippen LogP contribution in [0.3, 0.4) is 0 Å². The van der Waals surface area contributed by atoms with Crippen molar-refractivity contribution in [2.75, 3.05) is 4.90 Å². The summed E-state index contributed by atoms with van der Waals surface area (Å²) < 4.78 is 6.36. The third-order valence-electron chi connectivity index (χ3n) is 10.5. The van der Waals surface area contributed by atoms with Crippen LogP contribution in [0.4, 0.5) is 17.1 Å². The minimum Gasteiger partial charge on any atom is -0.456 e. The molecule has 2 heteroatoms. The van der Waals surface area contributed by atoms with Crippen LogP contribution in [0.15, 0.2) is 217 Å². The van der Waals surface area contributed by atoms with Gasteiger partial charge in [-0.3, -0.25) is 0 Å². The molecule has 0 saturated heterocycles. The van der Waals surface area contributed by atoms with Crippen LogP contribution in [0.2, 0.25) is 0 Å². The molecule has 254 valence electrons. The average Bonchev–Trinajstić information content (AvgIpc) is 3.64. The van der Waals surface area contributed by atoms with E-state index in [2.05, 4.69) is 205 Å². The molecule has 0 unspecified atom stereocenters. The van der Waals surface area contributed by atoms with Crippen molar-refractivity contribution in [3.8, 4) is 44.5 Å². The topological polar surface area (TPSA) is 16.4 Å². The highest BCUT2D eigenvalue weighted by Crippen LogP contribution is 2.45. The van der Waals surface area contributed by atoms with E-state index in [1.807, 2.05) is 12.1 Å². The summed E-state index contributed by atoms with van der Waals surface area (Å²) in [5, 5.41) is 4.74. The monoisotopic (exact) mass is 689 g/mol. The lowest BCUT2D eigenvalue weighted by Gasteiger charge is -2.28. The van der Waals surface area contributed by atoms with Gasteiger partial charge in [0.2, 0.25) is 0 Å². The number of nitrogens with zero attached hydrogens (tertiary/aromatic N) is 1. The Bertz CT molecular complexity index is 2930. The molecule has 2 nitrogen and oxygen atoms in total. The predicted octanol–water partition coefficient (Wildman–Crippen LogP) is 14.9. The third-order valence-corrected chi connectivity index (χ3v) is 10.5. The number of furan rings is 1. The Labute approximate surface area is 314 Å². The molecule has 1 aromatic heterocycles. The minimum atomic E-state index is 0.885. The maximum atomic E-state index is 6.36. The summed E-state index contributed by atoms with van der Waals surface area (Å²) in [5.74, 6) is 0. The average molecular weight is 690 g/mol. The smallest absolute Gasteiger partial charge is 0.136 e. The molecule has 0 fully saturated rings. The number of hydrogen-bond donors (Lipinski definition) is 0. The summed E-state index contributed by atoms with van der Waals surface area (Å²) in [5.41, 5.74) is 14.4. The molecule has 9 aromatic carbocycles. The third kappa shape index (κ3) is 5.62. The molecule has 0 radical (unpaired) electrons. The fraction of sp³-hybridized carbons (Fsp3) is 0. The molecule has 0 aliphatic carbocycles. The lowest BCUT2D eigenvalue weighted by Crippen LogP contribution is -2.11. The van der Waals surface area contributed by atoms with Gasteiger partial charge < -0.3 is 9.32 Å². The van der Waals surface area contributed by atoms with Gasteiger partial charge in [-0.05, 0) is 98.2 Å². The summed E-state index contributed by atoms with van der Waals surface area (Å²) in [6.07, 6.45) is 0. The van der Waals surface area contributed by atoms with E-state index in [4.69, 9.17) is 4.42 Å². The molecule has 0 amide bonds. The highest BCUT2D eigenvalue weighted by Gasteiger charge is 2.21. The van der Waals surface area contributed by atoms with Crippen molar-refractivity contribution >= 4 is 49.8 Å². The molecular formula is C52H35NO. The molecule has 0 N–H and O–H groups in total. The van der Waals surface area contributed by atoms with E-state index in [0.29, 0.717) is 0 Å². The zero-order chi connectivity index (χ0) is 35.8. The van der Waals surface area contributed by atoms with Gasteiger partial charge in [0, 0.05) is 27.7 Å². The summed E-state index contributed by atoms with van der Waals surface area (Å²) in [4.78, 5) is 2.39. The highest BCUT2D eigenvalue weighted by atomic mass is 16.3. The van der Waals surface area contributed by atoms with E-state index in [9.17, 15) is 0 Å². The Morgan fingerprint density at radius 3 is 1.78 bits per heavy atom. The predicted molar refractivity (Wildman–Crippen MR) is 228 cm³/mol. The molecule has 0 aliphatic rings. The van der Waals surface area contributed by atoms with Gasteiger partial charge in [-0.2, -0.15) is 0 Å². The summed E-state index contributed by atoms with van der Waals surface area (Å²) in [6, 6.07) is 75.9. The van der Waals surface area contributed by atoms with Crippen LogP contribution in [0, 0.1) is 0 Å². The van der Waals surface area contributed by atoms with E-state index in [1.165, 1.54) is 38.6 Å². The zero-order valence-corrected chi connectivity index (χ0v) is 29.6. The fourth-order valence-corrected chi connectivity index (χ4v) is 7.92. The molecule has 10 rings (SSSR count). The molecule has 0 spiro atoms. The van der Waals surface area contributed by atoms with Crippen molar-refractivity contribution in [3.05, 3.63) is 212 Å². The summed E-state index contributed by atoms with van der Waals surface area (Å²) in [7, 11) is 0. The van der Waals surface area contributed by atoms with Crippen molar-refractivity contribution in [3.63, 3.8) is 0 Å². The quantitative estimate of drug-likeness (QED) is 0.166. The highest BCUT2D eigenvalue weighted by molar-refractivity contribution is 6.14. The molecule has 0 bridgehead atoms. The second-order valence-corrected chi connectivity index (χ2v) is 13.7. The van der Waals surface area contributed by atoms with E-state index < -0.39 is 0 Å². The number of hydrogen-bond acceptors (Lipinski definition) is 2. The fourth-order valence-electron chi connectivity index (χ4n) is 7.92. The molecule has 54 heavy (non-hydrogen) atoms. The first-order chi connectivity index (χ1) is 26.8. The largest absolute Gasteiger partial charge is 0.456 e. The van der Waals surface area contributed by atoms with Crippen molar-refractivity contribution < 1.29 is 4.42 Å². The first kappa shape index (κ1) is 31.6. The second kappa shape index (κ2) is 13.4. The van der Waals surface area contributed by atoms with E-state index in [-0.39, 0.29) is 0 Å². The van der Waals surface area contributed by atoms with Gasteiger partial charge >= 0.3 is 0 Å². The molecule has 1 heterocycles. The Hall–Kier alpha value is -7.16. The standard InChI is InChI=1S/C52H35NO/c1-2-14-36(15-3-1)37-30-32-42(33-31-37)53(49-27-8-6-23-46(49)47-26-13-29-51-52(47)48-24-7-9-28-50(48)54-51)43-21-11-19-40(35-43)39-18-10-20-41(34-39)45-25-12-17-38-16-4-5-22-44(38)45/h1-35H. The SMILES string of the molecule is c1ccc(-c2ccc(N(c3cccc(-c4cccc(-c5cccc6ccccc56)c4)c3)c3ccccc3-c3cccc4oc5ccccc5c34)cc2)cc1. The van der Waals surface area contributed by atoms with Crippen molar-refractivity contribution in [2.24, 2.45) is 0 Å². The van der Waals surface area contributed by atoms with Crippen LogP contribution < -0.4 is 4.90 Å². The molecule has 0 aliphatic heterocycles. The van der Waals surface area contributed by atoms with Gasteiger partial charge in [-0.15, -0.1) is 0 Å². The maximum absolute atomic E-state index is 6.36. The van der Waals surface area contributed by atoms with Crippen molar-refractivity contribution in [1.29, 1.82) is 0 Å². The minimum absolute atomic E-state index is 0.885. The lowest BCUT2D eigenvalue weighted by molar-refractivity contribution is 0.669. The first-order valence-corrected chi connectivity index (χ1v) is 18.4. The molecular weight excluding hydrogens is 655 g/mol.